The molecule has 0 saturated heterocycles. The summed E-state index contributed by atoms with van der Waals surface area (Å²) in [4.78, 5) is 11.6. The van der Waals surface area contributed by atoms with Crippen molar-refractivity contribution in [1.82, 2.24) is 0 Å². The Hall–Kier alpha value is -1.69. The molecule has 1 aromatic rings. The first-order valence-electron chi connectivity index (χ1n) is 6.24. The molecule has 0 saturated carbocycles. The molecule has 0 bridgehead atoms. The minimum Gasteiger partial charge on any atom is -0.444 e. The van der Waals surface area contributed by atoms with E-state index in [9.17, 15) is 18.7 Å². The standard InChI is InChI=1S/C14H19F2NO3/c1-8(18)5-9-6-10(15)12(16)11(7-9)17-13(19)20-14(2,3)4/h6-8,18H,5H2,1-4H3,(H,17,19). The zero-order valence-electron chi connectivity index (χ0n) is 12.0. The maximum Gasteiger partial charge on any atom is 0.412 e. The lowest BCUT2D eigenvalue weighted by molar-refractivity contribution is 0.0635. The first-order valence-corrected chi connectivity index (χ1v) is 6.24. The summed E-state index contributed by atoms with van der Waals surface area (Å²) >= 11 is 0. The van der Waals surface area contributed by atoms with Crippen molar-refractivity contribution in [2.75, 3.05) is 5.32 Å². The molecule has 1 atom stereocenters. The van der Waals surface area contributed by atoms with E-state index in [1.807, 2.05) is 0 Å². The van der Waals surface area contributed by atoms with Gasteiger partial charge in [0.2, 0.25) is 0 Å². The molecular weight excluding hydrogens is 268 g/mol. The highest BCUT2D eigenvalue weighted by molar-refractivity contribution is 5.85. The molecule has 20 heavy (non-hydrogen) atoms. The Morgan fingerprint density at radius 1 is 1.40 bits per heavy atom. The zero-order chi connectivity index (χ0) is 15.5. The molecule has 1 amide bonds. The first-order chi connectivity index (χ1) is 9.08. The van der Waals surface area contributed by atoms with Crippen LogP contribution in [0.25, 0.3) is 0 Å². The van der Waals surface area contributed by atoms with E-state index >= 15 is 0 Å². The highest BCUT2D eigenvalue weighted by Crippen LogP contribution is 2.22. The van der Waals surface area contributed by atoms with E-state index < -0.39 is 29.4 Å². The Morgan fingerprint density at radius 3 is 2.50 bits per heavy atom. The molecule has 0 fully saturated rings. The van der Waals surface area contributed by atoms with Crippen LogP contribution in [0.3, 0.4) is 0 Å². The molecular formula is C14H19F2NO3. The second-order valence-electron chi connectivity index (χ2n) is 5.62. The lowest BCUT2D eigenvalue weighted by atomic mass is 10.1. The number of anilines is 1. The highest BCUT2D eigenvalue weighted by atomic mass is 19.2. The van der Waals surface area contributed by atoms with Crippen molar-refractivity contribution in [1.29, 1.82) is 0 Å². The molecule has 6 heteroatoms. The fourth-order valence-corrected chi connectivity index (χ4v) is 1.61. The summed E-state index contributed by atoms with van der Waals surface area (Å²) < 4.78 is 32.0. The fraction of sp³-hybridized carbons (Fsp3) is 0.500. The van der Waals surface area contributed by atoms with Gasteiger partial charge in [0, 0.05) is 0 Å². The summed E-state index contributed by atoms with van der Waals surface area (Å²) in [6, 6.07) is 2.26. The number of carbonyl (C=O) groups excluding carboxylic acids is 1. The van der Waals surface area contributed by atoms with Gasteiger partial charge in [-0.25, -0.2) is 13.6 Å². The Balaban J connectivity index is 2.93. The Morgan fingerprint density at radius 2 is 2.00 bits per heavy atom. The number of benzene rings is 1. The van der Waals surface area contributed by atoms with Crippen LogP contribution in [-0.4, -0.2) is 22.9 Å². The Labute approximate surface area is 116 Å². The predicted molar refractivity (Wildman–Crippen MR) is 71.6 cm³/mol. The number of aliphatic hydroxyl groups excluding tert-OH is 1. The largest absolute Gasteiger partial charge is 0.444 e. The van der Waals surface area contributed by atoms with E-state index in [2.05, 4.69) is 5.32 Å². The van der Waals surface area contributed by atoms with Gasteiger partial charge in [0.25, 0.3) is 0 Å². The number of halogens is 2. The van der Waals surface area contributed by atoms with E-state index in [1.54, 1.807) is 20.8 Å². The van der Waals surface area contributed by atoms with Crippen LogP contribution in [0, 0.1) is 11.6 Å². The van der Waals surface area contributed by atoms with Gasteiger partial charge in [-0.3, -0.25) is 5.32 Å². The second kappa shape index (κ2) is 6.17. The van der Waals surface area contributed by atoms with Crippen molar-refractivity contribution in [2.45, 2.75) is 45.8 Å². The molecule has 1 unspecified atom stereocenters. The number of hydrogen-bond acceptors (Lipinski definition) is 3. The summed E-state index contributed by atoms with van der Waals surface area (Å²) in [6.45, 7) is 6.51. The number of carbonyl (C=O) groups is 1. The van der Waals surface area contributed by atoms with E-state index in [4.69, 9.17) is 4.74 Å². The van der Waals surface area contributed by atoms with Crippen molar-refractivity contribution in [3.63, 3.8) is 0 Å². The quantitative estimate of drug-likeness (QED) is 0.897. The number of ether oxygens (including phenoxy) is 1. The summed E-state index contributed by atoms with van der Waals surface area (Å²) in [6.07, 6.45) is -1.42. The van der Waals surface area contributed by atoms with Gasteiger partial charge < -0.3 is 9.84 Å². The highest BCUT2D eigenvalue weighted by Gasteiger charge is 2.19. The number of hydrogen-bond donors (Lipinski definition) is 2. The molecule has 0 aliphatic rings. The number of amides is 1. The lowest BCUT2D eigenvalue weighted by Crippen LogP contribution is -2.27. The lowest BCUT2D eigenvalue weighted by Gasteiger charge is -2.20. The first kappa shape index (κ1) is 16.4. The summed E-state index contributed by atoms with van der Waals surface area (Å²) in [5.41, 5.74) is -0.670. The minimum atomic E-state index is -1.16. The number of rotatable bonds is 3. The van der Waals surface area contributed by atoms with Gasteiger partial charge >= 0.3 is 6.09 Å². The van der Waals surface area contributed by atoms with Gasteiger partial charge in [-0.2, -0.15) is 0 Å². The van der Waals surface area contributed by atoms with E-state index in [1.165, 1.54) is 13.0 Å². The average molecular weight is 287 g/mol. The van der Waals surface area contributed by atoms with Crippen LogP contribution in [-0.2, 0) is 11.2 Å². The second-order valence-corrected chi connectivity index (χ2v) is 5.62. The normalized spacial score (nSPS) is 12.9. The Kier molecular flexibility index (Phi) is 5.05. The zero-order valence-corrected chi connectivity index (χ0v) is 12.0. The molecule has 1 aromatic carbocycles. The van der Waals surface area contributed by atoms with Crippen LogP contribution in [0.1, 0.15) is 33.3 Å². The molecule has 0 radical (unpaired) electrons. The molecule has 0 aliphatic heterocycles. The summed E-state index contributed by atoms with van der Waals surface area (Å²) in [5, 5.41) is 11.4. The molecule has 0 aromatic heterocycles. The third kappa shape index (κ3) is 5.13. The summed E-state index contributed by atoms with van der Waals surface area (Å²) in [5.74, 6) is -2.25. The van der Waals surface area contributed by atoms with Crippen molar-refractivity contribution in [3.05, 3.63) is 29.3 Å². The molecule has 0 heterocycles. The van der Waals surface area contributed by atoms with Crippen LogP contribution >= 0.6 is 0 Å². The fourth-order valence-electron chi connectivity index (χ4n) is 1.61. The average Bonchev–Trinajstić information content (AvgIpc) is 2.21. The van der Waals surface area contributed by atoms with Crippen LogP contribution in [0.5, 0.6) is 0 Å². The molecule has 112 valence electrons. The predicted octanol–water partition coefficient (Wildman–Crippen LogP) is 3.24. The minimum absolute atomic E-state index is 0.153. The van der Waals surface area contributed by atoms with Gasteiger partial charge in [-0.15, -0.1) is 0 Å². The van der Waals surface area contributed by atoms with Crippen molar-refractivity contribution < 1.29 is 23.4 Å². The third-order valence-electron chi connectivity index (χ3n) is 2.25. The van der Waals surface area contributed by atoms with Gasteiger partial charge in [0.05, 0.1) is 11.8 Å². The molecule has 2 N–H and O–H groups in total. The smallest absolute Gasteiger partial charge is 0.412 e. The van der Waals surface area contributed by atoms with E-state index in [0.29, 0.717) is 5.56 Å². The van der Waals surface area contributed by atoms with Crippen LogP contribution in [0.4, 0.5) is 19.3 Å². The summed E-state index contributed by atoms with van der Waals surface area (Å²) in [7, 11) is 0. The van der Waals surface area contributed by atoms with Gasteiger partial charge in [0.1, 0.15) is 5.60 Å². The Bertz CT molecular complexity index is 496. The van der Waals surface area contributed by atoms with Crippen molar-refractivity contribution in [3.8, 4) is 0 Å². The van der Waals surface area contributed by atoms with Crippen molar-refractivity contribution >= 4 is 11.8 Å². The maximum atomic E-state index is 13.6. The van der Waals surface area contributed by atoms with Crippen LogP contribution in [0.2, 0.25) is 0 Å². The topological polar surface area (TPSA) is 58.6 Å². The monoisotopic (exact) mass is 287 g/mol. The van der Waals surface area contributed by atoms with E-state index in [-0.39, 0.29) is 12.1 Å². The van der Waals surface area contributed by atoms with Crippen LogP contribution in [0.15, 0.2) is 12.1 Å². The van der Waals surface area contributed by atoms with Gasteiger partial charge in [0.15, 0.2) is 11.6 Å². The number of nitrogens with one attached hydrogen (secondary N) is 1. The van der Waals surface area contributed by atoms with Gasteiger partial charge in [-0.05, 0) is 51.8 Å². The molecule has 0 aliphatic carbocycles. The molecule has 1 rings (SSSR count). The van der Waals surface area contributed by atoms with E-state index in [0.717, 1.165) is 6.07 Å². The van der Waals surface area contributed by atoms with Crippen molar-refractivity contribution in [2.24, 2.45) is 0 Å². The number of aliphatic hydroxyl groups is 1. The third-order valence-corrected chi connectivity index (χ3v) is 2.25. The maximum absolute atomic E-state index is 13.6. The molecule has 4 nitrogen and oxygen atoms in total. The molecule has 0 spiro atoms. The SMILES string of the molecule is CC(O)Cc1cc(F)c(F)c(NC(=O)OC(C)(C)C)c1. The van der Waals surface area contributed by atoms with Gasteiger partial charge in [-0.1, -0.05) is 0 Å². The van der Waals surface area contributed by atoms with Crippen LogP contribution < -0.4 is 5.32 Å².